The Morgan fingerprint density at radius 2 is 1.82 bits per heavy atom. The van der Waals surface area contributed by atoms with Crippen molar-refractivity contribution in [2.45, 2.75) is 25.3 Å². The van der Waals surface area contributed by atoms with Gasteiger partial charge in [0.1, 0.15) is 5.75 Å². The first-order valence-corrected chi connectivity index (χ1v) is 11.2. The number of nitrogens with zero attached hydrogens (tertiary/aromatic N) is 2. The molecule has 2 aromatic carbocycles. The minimum Gasteiger partial charge on any atom is -0.497 e. The lowest BCUT2D eigenvalue weighted by atomic mass is 9.82. The Labute approximate surface area is 193 Å². The van der Waals surface area contributed by atoms with Crippen molar-refractivity contribution in [3.8, 4) is 17.2 Å². The maximum atomic E-state index is 12.9. The van der Waals surface area contributed by atoms with Crippen molar-refractivity contribution in [2.75, 3.05) is 40.6 Å². The molecule has 8 heteroatoms. The van der Waals surface area contributed by atoms with E-state index in [1.807, 2.05) is 54.3 Å². The third-order valence-electron chi connectivity index (χ3n) is 6.49. The van der Waals surface area contributed by atoms with Crippen LogP contribution in [0.2, 0.25) is 0 Å². The van der Waals surface area contributed by atoms with Crippen LogP contribution in [0.15, 0.2) is 42.5 Å². The Morgan fingerprint density at radius 3 is 2.48 bits per heavy atom. The van der Waals surface area contributed by atoms with Gasteiger partial charge in [-0.2, -0.15) is 0 Å². The minimum atomic E-state index is -0.893. The van der Waals surface area contributed by atoms with Crippen LogP contribution in [0, 0.1) is 5.92 Å². The molecule has 2 aromatic rings. The monoisotopic (exact) mass is 454 g/mol. The van der Waals surface area contributed by atoms with Gasteiger partial charge in [-0.1, -0.05) is 25.1 Å². The van der Waals surface area contributed by atoms with E-state index >= 15 is 0 Å². The van der Waals surface area contributed by atoms with Gasteiger partial charge in [0, 0.05) is 32.1 Å². The van der Waals surface area contributed by atoms with E-state index in [2.05, 4.69) is 0 Å². The van der Waals surface area contributed by atoms with E-state index in [0.717, 1.165) is 17.5 Å². The van der Waals surface area contributed by atoms with Gasteiger partial charge < -0.3 is 24.2 Å². The van der Waals surface area contributed by atoms with Crippen molar-refractivity contribution in [1.29, 1.82) is 0 Å². The highest BCUT2D eigenvalue weighted by molar-refractivity contribution is 5.79. The molecular formula is C25H30N2O6. The van der Waals surface area contributed by atoms with Gasteiger partial charge in [-0.25, -0.2) is 0 Å². The van der Waals surface area contributed by atoms with Crippen LogP contribution in [0.25, 0.3) is 0 Å². The first kappa shape index (κ1) is 22.9. The highest BCUT2D eigenvalue weighted by Gasteiger charge is 2.48. The summed E-state index contributed by atoms with van der Waals surface area (Å²) in [5.41, 5.74) is 1.71. The van der Waals surface area contributed by atoms with Crippen molar-refractivity contribution >= 4 is 11.9 Å². The number of carbonyl (C=O) groups is 2. The van der Waals surface area contributed by atoms with E-state index in [-0.39, 0.29) is 25.2 Å². The van der Waals surface area contributed by atoms with Crippen LogP contribution in [-0.4, -0.2) is 67.4 Å². The number of methoxy groups -OCH3 is 1. The number of rotatable bonds is 8. The molecule has 3 atom stereocenters. The van der Waals surface area contributed by atoms with Crippen LogP contribution >= 0.6 is 0 Å². The first-order valence-electron chi connectivity index (χ1n) is 11.2. The molecular weight excluding hydrogens is 424 g/mol. The Balaban J connectivity index is 1.71. The maximum absolute atomic E-state index is 12.9. The van der Waals surface area contributed by atoms with Gasteiger partial charge in [-0.15, -0.1) is 0 Å². The Morgan fingerprint density at radius 1 is 1.12 bits per heavy atom. The third-order valence-corrected chi connectivity index (χ3v) is 6.49. The summed E-state index contributed by atoms with van der Waals surface area (Å²) in [5, 5.41) is 10.3. The van der Waals surface area contributed by atoms with Crippen LogP contribution in [0.3, 0.4) is 0 Å². The second kappa shape index (κ2) is 9.70. The smallest absolute Gasteiger partial charge is 0.309 e. The molecule has 0 aliphatic carbocycles. The normalized spacial score (nSPS) is 21.7. The number of fused-ring (bicyclic) bond motifs is 1. The minimum absolute atomic E-state index is 0.0224. The maximum Gasteiger partial charge on any atom is 0.309 e. The molecule has 1 fully saturated rings. The Bertz CT molecular complexity index is 1010. The molecule has 1 amide bonds. The van der Waals surface area contributed by atoms with Gasteiger partial charge >= 0.3 is 5.97 Å². The van der Waals surface area contributed by atoms with Crippen molar-refractivity contribution in [2.24, 2.45) is 5.92 Å². The van der Waals surface area contributed by atoms with Crippen molar-refractivity contribution < 1.29 is 28.9 Å². The van der Waals surface area contributed by atoms with Gasteiger partial charge in [0.05, 0.1) is 19.6 Å². The number of hydrogen-bond acceptors (Lipinski definition) is 6. The molecule has 4 rings (SSSR count). The zero-order valence-electron chi connectivity index (χ0n) is 19.2. The van der Waals surface area contributed by atoms with E-state index in [9.17, 15) is 14.7 Å². The summed E-state index contributed by atoms with van der Waals surface area (Å²) in [6.45, 7) is 3.44. The van der Waals surface area contributed by atoms with E-state index < -0.39 is 17.9 Å². The zero-order chi connectivity index (χ0) is 23.5. The summed E-state index contributed by atoms with van der Waals surface area (Å²) in [5.74, 6) is 0.0113. The van der Waals surface area contributed by atoms with Crippen LogP contribution in [0.4, 0.5) is 0 Å². The summed E-state index contributed by atoms with van der Waals surface area (Å²) in [4.78, 5) is 29.2. The number of carboxylic acid groups (broad SMARTS) is 1. The molecule has 2 aliphatic heterocycles. The van der Waals surface area contributed by atoms with Crippen LogP contribution in [-0.2, 0) is 9.59 Å². The number of likely N-dealkylation sites (tertiary alicyclic amines) is 1. The molecule has 176 valence electrons. The van der Waals surface area contributed by atoms with E-state index in [1.165, 1.54) is 0 Å². The SMILES string of the molecule is CCCN(C)C(=O)CN1C[C@H](c2ccc3c(c2)OCO3)[C@H](C(=O)O)[C@H]1c1ccc(OC)cc1. The molecule has 2 aliphatic rings. The van der Waals surface area contributed by atoms with Crippen molar-refractivity contribution in [1.82, 2.24) is 9.80 Å². The van der Waals surface area contributed by atoms with Gasteiger partial charge in [-0.05, 0) is 41.8 Å². The number of benzene rings is 2. The third kappa shape index (κ3) is 4.61. The number of aliphatic carboxylic acids is 1. The molecule has 0 saturated carbocycles. The van der Waals surface area contributed by atoms with Gasteiger partial charge in [-0.3, -0.25) is 14.5 Å². The molecule has 8 nitrogen and oxygen atoms in total. The summed E-state index contributed by atoms with van der Waals surface area (Å²) >= 11 is 0. The molecule has 0 aromatic heterocycles. The lowest BCUT2D eigenvalue weighted by molar-refractivity contribution is -0.143. The standard InChI is InChI=1S/C25H30N2O6/c1-4-11-26(2)22(28)14-27-13-19(17-7-10-20-21(12-17)33-15-32-20)23(25(29)30)24(27)16-5-8-18(31-3)9-6-16/h5-10,12,19,23-24H,4,11,13-15H2,1-3H3,(H,29,30)/t19-,23+,24-/m1/s1. The molecule has 0 unspecified atom stereocenters. The number of hydrogen-bond donors (Lipinski definition) is 1. The first-order chi connectivity index (χ1) is 15.9. The average Bonchev–Trinajstić information content (AvgIpc) is 3.43. The number of carbonyl (C=O) groups excluding carboxylic acids is 1. The summed E-state index contributed by atoms with van der Waals surface area (Å²) in [6, 6.07) is 12.5. The summed E-state index contributed by atoms with van der Waals surface area (Å²) in [7, 11) is 3.38. The predicted octanol–water partition coefficient (Wildman–Crippen LogP) is 3.13. The van der Waals surface area contributed by atoms with Crippen LogP contribution in [0.5, 0.6) is 17.2 Å². The van der Waals surface area contributed by atoms with Gasteiger partial charge in [0.2, 0.25) is 12.7 Å². The van der Waals surface area contributed by atoms with Crippen LogP contribution < -0.4 is 14.2 Å². The van der Waals surface area contributed by atoms with Crippen molar-refractivity contribution in [3.05, 3.63) is 53.6 Å². The molecule has 0 radical (unpaired) electrons. The zero-order valence-corrected chi connectivity index (χ0v) is 19.2. The Kier molecular flexibility index (Phi) is 6.74. The molecule has 2 heterocycles. The highest BCUT2D eigenvalue weighted by Crippen LogP contribution is 2.47. The largest absolute Gasteiger partial charge is 0.497 e. The number of likely N-dealkylation sites (N-methyl/N-ethyl adjacent to an activating group) is 1. The van der Waals surface area contributed by atoms with Gasteiger partial charge in [0.25, 0.3) is 0 Å². The van der Waals surface area contributed by atoms with E-state index in [0.29, 0.717) is 30.3 Å². The molecule has 33 heavy (non-hydrogen) atoms. The van der Waals surface area contributed by atoms with E-state index in [4.69, 9.17) is 14.2 Å². The second-order valence-corrected chi connectivity index (χ2v) is 8.55. The highest BCUT2D eigenvalue weighted by atomic mass is 16.7. The lowest BCUT2D eigenvalue weighted by Gasteiger charge is -2.28. The summed E-state index contributed by atoms with van der Waals surface area (Å²) < 4.78 is 16.2. The fourth-order valence-electron chi connectivity index (χ4n) is 4.83. The molecule has 0 bridgehead atoms. The number of ether oxygens (including phenoxy) is 3. The second-order valence-electron chi connectivity index (χ2n) is 8.55. The van der Waals surface area contributed by atoms with Crippen molar-refractivity contribution in [3.63, 3.8) is 0 Å². The molecule has 0 spiro atoms. The summed E-state index contributed by atoms with van der Waals surface area (Å²) in [6.07, 6.45) is 0.863. The number of amides is 1. The fraction of sp³-hybridized carbons (Fsp3) is 0.440. The van der Waals surface area contributed by atoms with Gasteiger partial charge in [0.15, 0.2) is 11.5 Å². The molecule has 1 N–H and O–H groups in total. The van der Waals surface area contributed by atoms with E-state index in [1.54, 1.807) is 19.1 Å². The topological polar surface area (TPSA) is 88.5 Å². The van der Waals surface area contributed by atoms with Crippen LogP contribution in [0.1, 0.15) is 36.4 Å². The molecule has 1 saturated heterocycles. The number of carboxylic acids is 1. The lowest BCUT2D eigenvalue weighted by Crippen LogP contribution is -2.39. The average molecular weight is 455 g/mol. The Hall–Kier alpha value is -3.26. The predicted molar refractivity (Wildman–Crippen MR) is 122 cm³/mol. The fourth-order valence-corrected chi connectivity index (χ4v) is 4.83. The quantitative estimate of drug-likeness (QED) is 0.656.